The van der Waals surface area contributed by atoms with Crippen molar-refractivity contribution in [2.45, 2.75) is 25.6 Å². The fourth-order valence-corrected chi connectivity index (χ4v) is 2.03. The molecule has 0 aliphatic rings. The molecule has 0 fully saturated rings. The number of aromatic nitrogens is 2. The first-order valence-corrected chi connectivity index (χ1v) is 6.97. The second-order valence-electron chi connectivity index (χ2n) is 5.67. The molecule has 1 aromatic heterocycles. The highest BCUT2D eigenvalue weighted by molar-refractivity contribution is 5.96. The summed E-state index contributed by atoms with van der Waals surface area (Å²) >= 11 is 0. The van der Waals surface area contributed by atoms with Gasteiger partial charge in [-0.2, -0.15) is 28.8 Å². The molecule has 1 N–H and O–H groups in total. The van der Waals surface area contributed by atoms with Crippen molar-refractivity contribution in [3.05, 3.63) is 47.3 Å². The van der Waals surface area contributed by atoms with Crippen LogP contribution in [0.1, 0.15) is 30.5 Å². The largest absolute Gasteiger partial charge is 0.417 e. The smallest absolute Gasteiger partial charge is 0.324 e. The van der Waals surface area contributed by atoms with Gasteiger partial charge in [-0.05, 0) is 32.0 Å². The Morgan fingerprint density at radius 2 is 1.92 bits per heavy atom. The van der Waals surface area contributed by atoms with Crippen LogP contribution in [-0.2, 0) is 16.5 Å². The van der Waals surface area contributed by atoms with Gasteiger partial charge in [-0.15, -0.1) is 0 Å². The number of alkyl halides is 3. The first-order valence-electron chi connectivity index (χ1n) is 6.97. The molecule has 0 bridgehead atoms. The molecule has 128 valence electrons. The van der Waals surface area contributed by atoms with Gasteiger partial charge < -0.3 is 5.32 Å². The second kappa shape index (κ2) is 6.29. The normalized spacial score (nSPS) is 11.5. The van der Waals surface area contributed by atoms with Gasteiger partial charge in [0.05, 0.1) is 29.0 Å². The average Bonchev–Trinajstić information content (AvgIpc) is 3.03. The van der Waals surface area contributed by atoms with E-state index < -0.39 is 28.7 Å². The molecule has 0 aliphatic carbocycles. The van der Waals surface area contributed by atoms with Crippen molar-refractivity contribution in [3.63, 3.8) is 0 Å². The third-order valence-electron chi connectivity index (χ3n) is 3.54. The number of nitrogens with zero attached hydrogens (tertiary/aromatic N) is 4. The number of nitriles is 2. The maximum atomic E-state index is 13.0. The van der Waals surface area contributed by atoms with Crippen molar-refractivity contribution in [2.75, 3.05) is 5.32 Å². The van der Waals surface area contributed by atoms with E-state index in [9.17, 15) is 18.0 Å². The Hall–Kier alpha value is -3.33. The Morgan fingerprint density at radius 1 is 1.24 bits per heavy atom. The number of hydrogen-bond donors (Lipinski definition) is 1. The number of halogens is 3. The van der Waals surface area contributed by atoms with E-state index in [1.807, 2.05) is 6.07 Å². The van der Waals surface area contributed by atoms with Crippen LogP contribution in [0, 0.1) is 22.7 Å². The lowest BCUT2D eigenvalue weighted by Crippen LogP contribution is -2.40. The molecule has 0 radical (unpaired) electrons. The van der Waals surface area contributed by atoms with Crippen molar-refractivity contribution in [1.82, 2.24) is 9.78 Å². The van der Waals surface area contributed by atoms with E-state index in [0.717, 1.165) is 6.07 Å². The number of carbonyl (C=O) groups is 1. The number of hydrogen-bond acceptors (Lipinski definition) is 4. The van der Waals surface area contributed by atoms with Gasteiger partial charge >= 0.3 is 6.18 Å². The van der Waals surface area contributed by atoms with E-state index in [1.54, 1.807) is 0 Å². The van der Waals surface area contributed by atoms with Gasteiger partial charge in [-0.25, -0.2) is 0 Å². The van der Waals surface area contributed by atoms with Crippen LogP contribution in [0.3, 0.4) is 0 Å². The predicted octanol–water partition coefficient (Wildman–Crippen LogP) is 3.02. The molecule has 0 saturated carbocycles. The standard InChI is InChI=1S/C16H12F3N5O/c1-15(2,24-9-10(6-20)8-22-24)14(25)23-12-4-3-11(7-21)13(5-12)16(17,18)19/h3-5,8-9H,1-2H3,(H,23,25). The van der Waals surface area contributed by atoms with Gasteiger partial charge in [0.25, 0.3) is 5.91 Å². The summed E-state index contributed by atoms with van der Waals surface area (Å²) < 4.78 is 40.2. The Balaban J connectivity index is 2.31. The number of carbonyl (C=O) groups excluding carboxylic acids is 1. The zero-order valence-corrected chi connectivity index (χ0v) is 13.2. The van der Waals surface area contributed by atoms with E-state index >= 15 is 0 Å². The minimum absolute atomic E-state index is 0.0999. The average molecular weight is 347 g/mol. The fourth-order valence-electron chi connectivity index (χ4n) is 2.03. The molecule has 0 spiro atoms. The minimum Gasteiger partial charge on any atom is -0.324 e. The van der Waals surface area contributed by atoms with Crippen LogP contribution in [0.15, 0.2) is 30.6 Å². The summed E-state index contributed by atoms with van der Waals surface area (Å²) in [6.07, 6.45) is -2.08. The first-order chi connectivity index (χ1) is 11.6. The lowest BCUT2D eigenvalue weighted by molar-refractivity contribution is -0.137. The Morgan fingerprint density at radius 3 is 2.44 bits per heavy atom. The molecule has 9 heteroatoms. The molecule has 2 rings (SSSR count). The summed E-state index contributed by atoms with van der Waals surface area (Å²) in [6.45, 7) is 3.01. The van der Waals surface area contributed by atoms with Crippen molar-refractivity contribution >= 4 is 11.6 Å². The third-order valence-corrected chi connectivity index (χ3v) is 3.54. The Bertz CT molecular complexity index is 900. The van der Waals surface area contributed by atoms with Crippen molar-refractivity contribution < 1.29 is 18.0 Å². The summed E-state index contributed by atoms with van der Waals surface area (Å²) in [4.78, 5) is 12.4. The molecule has 2 aromatic rings. The Labute approximate surface area is 141 Å². The maximum absolute atomic E-state index is 13.0. The van der Waals surface area contributed by atoms with E-state index in [2.05, 4.69) is 10.4 Å². The molecule has 1 heterocycles. The predicted molar refractivity (Wildman–Crippen MR) is 81.1 cm³/mol. The number of anilines is 1. The molecule has 25 heavy (non-hydrogen) atoms. The molecular formula is C16H12F3N5O. The molecule has 0 saturated heterocycles. The van der Waals surface area contributed by atoms with E-state index in [1.165, 1.54) is 43.1 Å². The number of rotatable bonds is 3. The van der Waals surface area contributed by atoms with Crippen LogP contribution in [0.2, 0.25) is 0 Å². The minimum atomic E-state index is -4.72. The van der Waals surface area contributed by atoms with Gasteiger partial charge in [0.1, 0.15) is 11.6 Å². The topological polar surface area (TPSA) is 94.5 Å². The fraction of sp³-hybridized carbons (Fsp3) is 0.250. The van der Waals surface area contributed by atoms with Crippen molar-refractivity contribution in [1.29, 1.82) is 10.5 Å². The van der Waals surface area contributed by atoms with Gasteiger partial charge in [0, 0.05) is 11.9 Å². The summed E-state index contributed by atoms with van der Waals surface area (Å²) in [5, 5.41) is 23.9. The molecular weight excluding hydrogens is 335 g/mol. The lowest BCUT2D eigenvalue weighted by atomic mass is 10.0. The molecule has 6 nitrogen and oxygen atoms in total. The number of amides is 1. The summed E-state index contributed by atoms with van der Waals surface area (Å²) in [7, 11) is 0. The van der Waals surface area contributed by atoms with E-state index in [-0.39, 0.29) is 11.3 Å². The van der Waals surface area contributed by atoms with Crippen molar-refractivity contribution in [2.24, 2.45) is 0 Å². The van der Waals surface area contributed by atoms with Crippen LogP contribution >= 0.6 is 0 Å². The molecule has 1 aromatic carbocycles. The van der Waals surface area contributed by atoms with Crippen LogP contribution < -0.4 is 5.32 Å². The quantitative estimate of drug-likeness (QED) is 0.923. The van der Waals surface area contributed by atoms with Crippen LogP contribution in [0.4, 0.5) is 18.9 Å². The van der Waals surface area contributed by atoms with E-state index in [4.69, 9.17) is 10.5 Å². The van der Waals surface area contributed by atoms with Gasteiger partial charge in [-0.3, -0.25) is 9.48 Å². The summed E-state index contributed by atoms with van der Waals surface area (Å²) in [6, 6.07) is 6.26. The zero-order valence-electron chi connectivity index (χ0n) is 13.2. The third kappa shape index (κ3) is 3.61. The zero-order chi connectivity index (χ0) is 18.8. The lowest BCUT2D eigenvalue weighted by Gasteiger charge is -2.24. The summed E-state index contributed by atoms with van der Waals surface area (Å²) in [5.74, 6) is -0.627. The SMILES string of the molecule is CC(C)(C(=O)Nc1ccc(C#N)c(C(F)(F)F)c1)n1cc(C#N)cn1. The van der Waals surface area contributed by atoms with Crippen LogP contribution in [-0.4, -0.2) is 15.7 Å². The summed E-state index contributed by atoms with van der Waals surface area (Å²) in [5.41, 5.74) is -2.76. The monoisotopic (exact) mass is 347 g/mol. The molecule has 0 atom stereocenters. The van der Waals surface area contributed by atoms with Crippen LogP contribution in [0.5, 0.6) is 0 Å². The van der Waals surface area contributed by atoms with E-state index in [0.29, 0.717) is 6.07 Å². The van der Waals surface area contributed by atoms with Crippen LogP contribution in [0.25, 0.3) is 0 Å². The van der Waals surface area contributed by atoms with Gasteiger partial charge in [0.15, 0.2) is 0 Å². The highest BCUT2D eigenvalue weighted by Crippen LogP contribution is 2.33. The number of benzene rings is 1. The van der Waals surface area contributed by atoms with Crippen molar-refractivity contribution in [3.8, 4) is 12.1 Å². The Kier molecular flexibility index (Phi) is 4.53. The molecule has 0 unspecified atom stereocenters. The molecule has 0 aliphatic heterocycles. The highest BCUT2D eigenvalue weighted by atomic mass is 19.4. The number of nitrogens with one attached hydrogen (secondary N) is 1. The second-order valence-corrected chi connectivity index (χ2v) is 5.67. The highest BCUT2D eigenvalue weighted by Gasteiger charge is 2.35. The first kappa shape index (κ1) is 18.0. The van der Waals surface area contributed by atoms with Gasteiger partial charge in [-0.1, -0.05) is 0 Å². The maximum Gasteiger partial charge on any atom is 0.417 e. The molecule has 1 amide bonds. The van der Waals surface area contributed by atoms with Gasteiger partial charge in [0.2, 0.25) is 0 Å².